The molecule has 1 amide bonds. The molecule has 0 bridgehead atoms. The second kappa shape index (κ2) is 6.83. The third-order valence-electron chi connectivity index (χ3n) is 3.90. The van der Waals surface area contributed by atoms with Crippen LogP contribution in [-0.2, 0) is 14.8 Å². The van der Waals surface area contributed by atoms with Crippen molar-refractivity contribution in [2.24, 2.45) is 0 Å². The Morgan fingerprint density at radius 3 is 2.45 bits per heavy atom. The van der Waals surface area contributed by atoms with Gasteiger partial charge in [0.15, 0.2) is 5.60 Å². The number of hydrogen-bond donors (Lipinski definition) is 1. The number of carbonyl (C=O) groups excluding carboxylic acids is 1. The minimum Gasteiger partial charge on any atom is -0.476 e. The average molecular weight is 430 g/mol. The van der Waals surface area contributed by atoms with Crippen LogP contribution in [0.2, 0.25) is 0 Å². The van der Waals surface area contributed by atoms with Gasteiger partial charge in [0.2, 0.25) is 10.0 Å². The van der Waals surface area contributed by atoms with Gasteiger partial charge in [-0.05, 0) is 38.1 Å². The Balaban J connectivity index is 2.08. The summed E-state index contributed by atoms with van der Waals surface area (Å²) >= 11 is 0. The molecule has 0 spiro atoms. The zero-order chi connectivity index (χ0) is 21.6. The van der Waals surface area contributed by atoms with E-state index in [0.29, 0.717) is 0 Å². The van der Waals surface area contributed by atoms with Gasteiger partial charge >= 0.3 is 6.36 Å². The molecule has 1 aliphatic rings. The summed E-state index contributed by atoms with van der Waals surface area (Å²) in [7, 11) is -3.54. The lowest BCUT2D eigenvalue weighted by Crippen LogP contribution is -2.50. The zero-order valence-corrected chi connectivity index (χ0v) is 16.4. The van der Waals surface area contributed by atoms with E-state index in [-0.39, 0.29) is 22.8 Å². The minimum absolute atomic E-state index is 0.137. The predicted molar refractivity (Wildman–Crippen MR) is 99.9 cm³/mol. The van der Waals surface area contributed by atoms with Crippen LogP contribution in [0, 0.1) is 0 Å². The first-order valence-electron chi connectivity index (χ1n) is 8.26. The molecule has 0 atom stereocenters. The fourth-order valence-electron chi connectivity index (χ4n) is 2.83. The highest BCUT2D eigenvalue weighted by Gasteiger charge is 2.42. The molecule has 1 aliphatic heterocycles. The van der Waals surface area contributed by atoms with E-state index in [1.54, 1.807) is 0 Å². The maximum Gasteiger partial charge on any atom is 0.573 e. The number of carbonyl (C=O) groups is 1. The molecule has 0 unspecified atom stereocenters. The van der Waals surface area contributed by atoms with Gasteiger partial charge in [-0.3, -0.25) is 14.4 Å². The van der Waals surface area contributed by atoms with E-state index in [1.165, 1.54) is 49.1 Å². The highest BCUT2D eigenvalue weighted by Crippen LogP contribution is 2.44. The van der Waals surface area contributed by atoms with E-state index >= 15 is 0 Å². The van der Waals surface area contributed by atoms with Gasteiger partial charge in [0, 0.05) is 12.1 Å². The normalized spacial score (nSPS) is 16.1. The van der Waals surface area contributed by atoms with E-state index in [0.717, 1.165) is 18.4 Å². The molecule has 0 radical (unpaired) electrons. The van der Waals surface area contributed by atoms with Crippen molar-refractivity contribution in [1.82, 2.24) is 0 Å². The van der Waals surface area contributed by atoms with Gasteiger partial charge < -0.3 is 9.47 Å². The summed E-state index contributed by atoms with van der Waals surface area (Å²) in [5, 5.41) is 0. The van der Waals surface area contributed by atoms with E-state index in [2.05, 4.69) is 9.46 Å². The quantitative estimate of drug-likeness (QED) is 0.798. The number of alkyl halides is 3. The van der Waals surface area contributed by atoms with Crippen LogP contribution in [0.15, 0.2) is 42.5 Å². The first kappa shape index (κ1) is 20.8. The highest BCUT2D eigenvalue weighted by molar-refractivity contribution is 7.92. The van der Waals surface area contributed by atoms with Crippen molar-refractivity contribution in [3.05, 3.63) is 42.5 Å². The fraction of sp³-hybridized carbons (Fsp3) is 0.278. The molecule has 0 saturated carbocycles. The molecule has 11 heteroatoms. The van der Waals surface area contributed by atoms with Gasteiger partial charge in [0.25, 0.3) is 5.91 Å². The molecule has 2 aromatic rings. The Morgan fingerprint density at radius 1 is 1.14 bits per heavy atom. The van der Waals surface area contributed by atoms with Crippen LogP contribution in [-0.4, -0.2) is 32.5 Å². The van der Waals surface area contributed by atoms with E-state index < -0.39 is 33.6 Å². The molecule has 29 heavy (non-hydrogen) atoms. The molecule has 0 aromatic heterocycles. The molecular weight excluding hydrogens is 413 g/mol. The van der Waals surface area contributed by atoms with Gasteiger partial charge in [-0.15, -0.1) is 13.2 Å². The van der Waals surface area contributed by atoms with E-state index in [1.807, 2.05) is 0 Å². The number of nitrogens with one attached hydrogen (secondary N) is 1. The number of ether oxygens (including phenoxy) is 2. The Bertz CT molecular complexity index is 1070. The van der Waals surface area contributed by atoms with Gasteiger partial charge in [-0.2, -0.15) is 0 Å². The molecule has 7 nitrogen and oxygen atoms in total. The van der Waals surface area contributed by atoms with Crippen molar-refractivity contribution >= 4 is 33.0 Å². The molecule has 156 valence electrons. The summed E-state index contributed by atoms with van der Waals surface area (Å²) < 4.78 is 72.5. The number of anilines is 3. The zero-order valence-electron chi connectivity index (χ0n) is 15.6. The molecule has 2 aromatic carbocycles. The number of benzene rings is 2. The maximum atomic E-state index is 12.9. The Labute approximate surface area is 165 Å². The van der Waals surface area contributed by atoms with Crippen LogP contribution in [0.1, 0.15) is 13.8 Å². The molecule has 3 rings (SSSR count). The SMILES string of the molecule is CC1(C)Oc2cc(NS(C)(=O)=O)ccc2N(c2cccc(OC(F)(F)F)c2)C1=O. The molecule has 1 heterocycles. The van der Waals surface area contributed by atoms with Crippen molar-refractivity contribution < 1.29 is 35.9 Å². The third-order valence-corrected chi connectivity index (χ3v) is 4.50. The van der Waals surface area contributed by atoms with Crippen molar-refractivity contribution in [3.8, 4) is 11.5 Å². The lowest BCUT2D eigenvalue weighted by Gasteiger charge is -2.39. The van der Waals surface area contributed by atoms with Crippen LogP contribution >= 0.6 is 0 Å². The summed E-state index contributed by atoms with van der Waals surface area (Å²) in [4.78, 5) is 14.1. The highest BCUT2D eigenvalue weighted by atomic mass is 32.2. The number of halogens is 3. The molecule has 1 N–H and O–H groups in total. The number of sulfonamides is 1. The van der Waals surface area contributed by atoms with Crippen LogP contribution < -0.4 is 19.1 Å². The van der Waals surface area contributed by atoms with E-state index in [4.69, 9.17) is 4.74 Å². The number of hydrogen-bond acceptors (Lipinski definition) is 5. The standard InChI is InChI=1S/C18H17F3N2O5S/c1-17(2)16(24)23(12-5-4-6-13(10-12)27-18(19,20)21)14-8-7-11(9-15(14)28-17)22-29(3,25)26/h4-10,22H,1-3H3. The average Bonchev–Trinajstić information content (AvgIpc) is 2.53. The Kier molecular flexibility index (Phi) is 4.89. The smallest absolute Gasteiger partial charge is 0.476 e. The van der Waals surface area contributed by atoms with Gasteiger partial charge in [0.05, 0.1) is 23.3 Å². The number of fused-ring (bicyclic) bond motifs is 1. The lowest BCUT2D eigenvalue weighted by molar-refractivity contribution is -0.274. The monoisotopic (exact) mass is 430 g/mol. The third kappa shape index (κ3) is 4.73. The Hall–Kier alpha value is -2.95. The van der Waals surface area contributed by atoms with Crippen molar-refractivity contribution in [1.29, 1.82) is 0 Å². The van der Waals surface area contributed by atoms with Gasteiger partial charge in [-0.25, -0.2) is 8.42 Å². The van der Waals surface area contributed by atoms with Crippen LogP contribution in [0.5, 0.6) is 11.5 Å². The molecule has 0 saturated heterocycles. The number of rotatable bonds is 4. The van der Waals surface area contributed by atoms with E-state index in [9.17, 15) is 26.4 Å². The predicted octanol–water partition coefficient (Wildman–Crippen LogP) is 3.79. The second-order valence-corrected chi connectivity index (χ2v) is 8.60. The molecular formula is C18H17F3N2O5S. The first-order chi connectivity index (χ1) is 13.3. The summed E-state index contributed by atoms with van der Waals surface area (Å²) in [5.41, 5.74) is -0.751. The summed E-state index contributed by atoms with van der Waals surface area (Å²) in [6.07, 6.45) is -3.89. The van der Waals surface area contributed by atoms with Crippen LogP contribution in [0.3, 0.4) is 0 Å². The molecule has 0 fully saturated rings. The van der Waals surface area contributed by atoms with Gasteiger partial charge in [-0.1, -0.05) is 6.07 Å². The maximum absolute atomic E-state index is 12.9. The summed E-state index contributed by atoms with van der Waals surface area (Å²) in [6.45, 7) is 3.00. The van der Waals surface area contributed by atoms with Crippen molar-refractivity contribution in [2.45, 2.75) is 25.8 Å². The number of nitrogens with zero attached hydrogens (tertiary/aromatic N) is 1. The fourth-order valence-corrected chi connectivity index (χ4v) is 3.39. The summed E-state index contributed by atoms with van der Waals surface area (Å²) in [6, 6.07) is 9.23. The van der Waals surface area contributed by atoms with Crippen LogP contribution in [0.25, 0.3) is 0 Å². The van der Waals surface area contributed by atoms with Crippen molar-refractivity contribution in [2.75, 3.05) is 15.9 Å². The Morgan fingerprint density at radius 2 is 1.83 bits per heavy atom. The first-order valence-corrected chi connectivity index (χ1v) is 10.2. The van der Waals surface area contributed by atoms with Crippen molar-refractivity contribution in [3.63, 3.8) is 0 Å². The largest absolute Gasteiger partial charge is 0.573 e. The summed E-state index contributed by atoms with van der Waals surface area (Å²) in [5.74, 6) is -0.813. The van der Waals surface area contributed by atoms with Gasteiger partial charge in [0.1, 0.15) is 11.5 Å². The number of amides is 1. The van der Waals surface area contributed by atoms with Crippen LogP contribution in [0.4, 0.5) is 30.2 Å². The topological polar surface area (TPSA) is 84.9 Å². The lowest BCUT2D eigenvalue weighted by atomic mass is 10.0. The second-order valence-electron chi connectivity index (χ2n) is 6.85. The molecule has 0 aliphatic carbocycles. The minimum atomic E-state index is -4.88.